The molecule has 0 amide bonds. The maximum Gasteiger partial charge on any atom is 0.311 e. The molecule has 0 spiro atoms. The van der Waals surface area contributed by atoms with Gasteiger partial charge in [-0.05, 0) is 37.6 Å². The Labute approximate surface area is 135 Å². The zero-order chi connectivity index (χ0) is 16.8. The van der Waals surface area contributed by atoms with Gasteiger partial charge in [-0.3, -0.25) is 19.8 Å². The minimum absolute atomic E-state index is 0.0742. The molecule has 1 heterocycles. The van der Waals surface area contributed by atoms with E-state index in [4.69, 9.17) is 4.74 Å². The molecule has 0 N–H and O–H groups in total. The van der Waals surface area contributed by atoms with Crippen LogP contribution < -0.4 is 4.74 Å². The minimum atomic E-state index is -0.459. The number of ether oxygens (including phenoxy) is 1. The summed E-state index contributed by atoms with van der Waals surface area (Å²) in [5, 5.41) is 11.2. The molecule has 2 rings (SSSR count). The van der Waals surface area contributed by atoms with E-state index in [1.165, 1.54) is 6.07 Å². The molecule has 0 radical (unpaired) electrons. The zero-order valence-electron chi connectivity index (χ0n) is 13.6. The summed E-state index contributed by atoms with van der Waals surface area (Å²) in [7, 11) is 0. The van der Waals surface area contributed by atoms with Crippen LogP contribution in [0.2, 0.25) is 0 Å². The molecular weight excluding hydrogens is 296 g/mol. The molecule has 0 saturated carbocycles. The van der Waals surface area contributed by atoms with Gasteiger partial charge >= 0.3 is 5.69 Å². The molecule has 1 aromatic carbocycles. The molecule has 1 aliphatic heterocycles. The van der Waals surface area contributed by atoms with Crippen molar-refractivity contribution < 1.29 is 14.5 Å². The van der Waals surface area contributed by atoms with Crippen LogP contribution in [0, 0.1) is 10.1 Å². The van der Waals surface area contributed by atoms with Crippen molar-refractivity contribution in [1.82, 2.24) is 4.90 Å². The minimum Gasteiger partial charge on any atom is -0.487 e. The number of nitrogens with zero attached hydrogens (tertiary/aromatic N) is 2. The van der Waals surface area contributed by atoms with Crippen molar-refractivity contribution in [3.8, 4) is 5.75 Å². The number of ketones is 1. The number of piperidine rings is 1. The van der Waals surface area contributed by atoms with Crippen LogP contribution in [-0.4, -0.2) is 41.8 Å². The van der Waals surface area contributed by atoms with Crippen molar-refractivity contribution in [2.45, 2.75) is 26.7 Å². The van der Waals surface area contributed by atoms with E-state index in [2.05, 4.69) is 11.8 Å². The van der Waals surface area contributed by atoms with Crippen LogP contribution in [0.25, 0.3) is 6.08 Å². The van der Waals surface area contributed by atoms with Gasteiger partial charge in [0.25, 0.3) is 0 Å². The number of hydrogen-bond acceptors (Lipinski definition) is 5. The molecule has 0 bridgehead atoms. The Morgan fingerprint density at radius 2 is 2.17 bits per heavy atom. The third kappa shape index (κ3) is 4.39. The summed E-state index contributed by atoms with van der Waals surface area (Å²) in [6.07, 6.45) is 3.30. The van der Waals surface area contributed by atoms with Crippen LogP contribution in [0.1, 0.15) is 32.3 Å². The lowest BCUT2D eigenvalue weighted by Crippen LogP contribution is -2.36. The fourth-order valence-electron chi connectivity index (χ4n) is 2.71. The summed E-state index contributed by atoms with van der Waals surface area (Å²) >= 11 is 0. The first-order valence-electron chi connectivity index (χ1n) is 7.92. The molecule has 1 aliphatic rings. The lowest BCUT2D eigenvalue weighted by Gasteiger charge is -2.27. The highest BCUT2D eigenvalue weighted by Crippen LogP contribution is 2.29. The molecule has 1 saturated heterocycles. The highest BCUT2D eigenvalue weighted by atomic mass is 16.6. The van der Waals surface area contributed by atoms with Crippen LogP contribution in [-0.2, 0) is 4.79 Å². The second kappa shape index (κ2) is 7.87. The summed E-state index contributed by atoms with van der Waals surface area (Å²) in [6.45, 7) is 6.60. The number of Topliss-reactive ketones (excluding diaryl/α,β-unsaturated/α-hetero) is 1. The monoisotopic (exact) mass is 318 g/mol. The van der Waals surface area contributed by atoms with Gasteiger partial charge < -0.3 is 4.74 Å². The fourth-order valence-corrected chi connectivity index (χ4v) is 2.71. The van der Waals surface area contributed by atoms with Gasteiger partial charge in [0.05, 0.1) is 11.5 Å². The van der Waals surface area contributed by atoms with Gasteiger partial charge in [0, 0.05) is 31.1 Å². The van der Waals surface area contributed by atoms with Crippen LogP contribution >= 0.6 is 0 Å². The number of nitro benzene ring substituents is 1. The summed E-state index contributed by atoms with van der Waals surface area (Å²) in [5.74, 6) is 0.371. The van der Waals surface area contributed by atoms with E-state index in [-0.39, 0.29) is 17.2 Å². The standard InChI is InChI=1S/C17H22N2O4/c1-3-8-18-9-7-16(20)14(12-18)10-13-5-6-17(23-4-2)15(11-13)19(21)22/h5-6,10-11H,3-4,7-9,12H2,1-2H3/b14-10+. The number of likely N-dealkylation sites (tertiary alicyclic amines) is 1. The second-order valence-corrected chi connectivity index (χ2v) is 5.54. The molecule has 1 aromatic rings. The van der Waals surface area contributed by atoms with E-state index in [0.717, 1.165) is 19.5 Å². The third-order valence-corrected chi connectivity index (χ3v) is 3.77. The highest BCUT2D eigenvalue weighted by molar-refractivity contribution is 6.00. The smallest absolute Gasteiger partial charge is 0.311 e. The number of rotatable bonds is 6. The summed E-state index contributed by atoms with van der Waals surface area (Å²) in [5.41, 5.74) is 1.29. The van der Waals surface area contributed by atoms with Gasteiger partial charge in [0.2, 0.25) is 0 Å². The van der Waals surface area contributed by atoms with Gasteiger partial charge in [-0.2, -0.15) is 0 Å². The van der Waals surface area contributed by atoms with Crippen molar-refractivity contribution in [3.05, 3.63) is 39.4 Å². The molecular formula is C17H22N2O4. The van der Waals surface area contributed by atoms with E-state index >= 15 is 0 Å². The molecule has 0 atom stereocenters. The molecule has 6 nitrogen and oxygen atoms in total. The Balaban J connectivity index is 2.28. The zero-order valence-corrected chi connectivity index (χ0v) is 13.6. The number of nitro groups is 1. The first-order chi connectivity index (χ1) is 11.0. The lowest BCUT2D eigenvalue weighted by molar-refractivity contribution is -0.385. The Kier molecular flexibility index (Phi) is 5.87. The maximum absolute atomic E-state index is 12.1. The number of benzene rings is 1. The van der Waals surface area contributed by atoms with Crippen molar-refractivity contribution in [2.75, 3.05) is 26.2 Å². The number of carbonyl (C=O) groups excluding carboxylic acids is 1. The quantitative estimate of drug-likeness (QED) is 0.458. The van der Waals surface area contributed by atoms with Crippen LogP contribution in [0.3, 0.4) is 0 Å². The topological polar surface area (TPSA) is 72.7 Å². The molecule has 1 fully saturated rings. The van der Waals surface area contributed by atoms with Gasteiger partial charge in [0.1, 0.15) is 0 Å². The van der Waals surface area contributed by atoms with Gasteiger partial charge in [0.15, 0.2) is 11.5 Å². The summed E-state index contributed by atoms with van der Waals surface area (Å²) in [6, 6.07) is 4.80. The van der Waals surface area contributed by atoms with Gasteiger partial charge in [-0.1, -0.05) is 13.0 Å². The SMILES string of the molecule is CCCN1CCC(=O)/C(=C/c2ccc(OCC)c([N+](=O)[O-])c2)C1. The molecule has 124 valence electrons. The van der Waals surface area contributed by atoms with Gasteiger partial charge in [-0.15, -0.1) is 0 Å². The van der Waals surface area contributed by atoms with E-state index < -0.39 is 4.92 Å². The highest BCUT2D eigenvalue weighted by Gasteiger charge is 2.21. The molecule has 0 aromatic heterocycles. The van der Waals surface area contributed by atoms with E-state index in [1.54, 1.807) is 25.1 Å². The van der Waals surface area contributed by atoms with Crippen LogP contribution in [0.5, 0.6) is 5.75 Å². The van der Waals surface area contributed by atoms with Crippen molar-refractivity contribution in [1.29, 1.82) is 0 Å². The Bertz CT molecular complexity index is 625. The second-order valence-electron chi connectivity index (χ2n) is 5.54. The maximum atomic E-state index is 12.1. The van der Waals surface area contributed by atoms with Crippen molar-refractivity contribution in [3.63, 3.8) is 0 Å². The van der Waals surface area contributed by atoms with E-state index in [1.807, 2.05) is 0 Å². The largest absolute Gasteiger partial charge is 0.487 e. The van der Waals surface area contributed by atoms with Crippen LogP contribution in [0.4, 0.5) is 5.69 Å². The van der Waals surface area contributed by atoms with Crippen molar-refractivity contribution >= 4 is 17.5 Å². The Morgan fingerprint density at radius 3 is 2.83 bits per heavy atom. The molecule has 0 unspecified atom stereocenters. The van der Waals surface area contributed by atoms with E-state index in [0.29, 0.717) is 30.7 Å². The average molecular weight is 318 g/mol. The Morgan fingerprint density at radius 1 is 1.39 bits per heavy atom. The van der Waals surface area contributed by atoms with Crippen LogP contribution in [0.15, 0.2) is 23.8 Å². The number of carbonyl (C=O) groups is 1. The average Bonchev–Trinajstić information content (AvgIpc) is 2.52. The summed E-state index contributed by atoms with van der Waals surface area (Å²) < 4.78 is 5.28. The summed E-state index contributed by atoms with van der Waals surface area (Å²) in [4.78, 5) is 25.0. The molecule has 6 heteroatoms. The molecule has 0 aliphatic carbocycles. The first-order valence-corrected chi connectivity index (χ1v) is 7.92. The number of hydrogen-bond donors (Lipinski definition) is 0. The van der Waals surface area contributed by atoms with Gasteiger partial charge in [-0.25, -0.2) is 0 Å². The normalized spacial score (nSPS) is 17.5. The third-order valence-electron chi connectivity index (χ3n) is 3.77. The van der Waals surface area contributed by atoms with Crippen molar-refractivity contribution in [2.24, 2.45) is 0 Å². The van der Waals surface area contributed by atoms with E-state index in [9.17, 15) is 14.9 Å². The first kappa shape index (κ1) is 17.1. The molecule has 23 heavy (non-hydrogen) atoms. The Hall–Kier alpha value is -2.21. The predicted octanol–water partition coefficient (Wildman–Crippen LogP) is 3.06. The lowest BCUT2D eigenvalue weighted by atomic mass is 10.00. The predicted molar refractivity (Wildman–Crippen MR) is 88.6 cm³/mol. The fraction of sp³-hybridized carbons (Fsp3) is 0.471.